The van der Waals surface area contributed by atoms with E-state index in [2.05, 4.69) is 35.0 Å². The van der Waals surface area contributed by atoms with E-state index in [-0.39, 0.29) is 5.75 Å². The highest BCUT2D eigenvalue weighted by molar-refractivity contribution is 6.31. The van der Waals surface area contributed by atoms with Crippen molar-refractivity contribution < 1.29 is 4.74 Å². The molecule has 28 heavy (non-hydrogen) atoms. The topological polar surface area (TPSA) is 71.9 Å². The number of nitrogens with one attached hydrogen (secondary N) is 2. The highest BCUT2D eigenvalue weighted by Crippen LogP contribution is 2.29. The molecule has 0 saturated carbocycles. The van der Waals surface area contributed by atoms with E-state index in [0.29, 0.717) is 17.5 Å². The van der Waals surface area contributed by atoms with Crippen LogP contribution in [0.5, 0.6) is 5.75 Å². The van der Waals surface area contributed by atoms with Gasteiger partial charge in [0.05, 0.1) is 25.5 Å². The summed E-state index contributed by atoms with van der Waals surface area (Å²) in [5, 5.41) is 4.74. The number of hydrogen-bond acceptors (Lipinski definition) is 4. The summed E-state index contributed by atoms with van der Waals surface area (Å²) in [4.78, 5) is 19.4. The molecule has 2 N–H and O–H groups in total. The van der Waals surface area contributed by atoms with Gasteiger partial charge < -0.3 is 19.6 Å². The summed E-state index contributed by atoms with van der Waals surface area (Å²) >= 11 is 6.20. The maximum absolute atomic E-state index is 12.2. The third-order valence-corrected chi connectivity index (χ3v) is 4.27. The summed E-state index contributed by atoms with van der Waals surface area (Å²) in [7, 11) is 1.44. The first-order valence-electron chi connectivity index (χ1n) is 8.52. The summed E-state index contributed by atoms with van der Waals surface area (Å²) in [5.74, 6) is 0.565. The molecule has 2 heterocycles. The first kappa shape index (κ1) is 21.1. The van der Waals surface area contributed by atoms with Gasteiger partial charge in [-0.25, -0.2) is 0 Å². The molecule has 0 radical (unpaired) electrons. The number of ether oxygens (including phenoxy) is 1. The average Bonchev–Trinajstić information content (AvgIpc) is 3.17. The second-order valence-corrected chi connectivity index (χ2v) is 6.09. The van der Waals surface area contributed by atoms with E-state index in [0.717, 1.165) is 22.2 Å². The number of allylic oxidation sites excluding steroid dienone is 3. The van der Waals surface area contributed by atoms with Gasteiger partial charge in [-0.15, -0.1) is 13.2 Å². The van der Waals surface area contributed by atoms with Crippen LogP contribution in [0.15, 0.2) is 72.8 Å². The van der Waals surface area contributed by atoms with E-state index in [4.69, 9.17) is 16.3 Å². The molecule has 0 saturated heterocycles. The van der Waals surface area contributed by atoms with Crippen molar-refractivity contribution in [2.75, 3.05) is 12.4 Å². The standard InChI is InChI=1S/C19H19ClN4O2.C2H4/c1-4-12(5-2)10-24-11-17(26-3)18(25)23-19(24)22-16-9-13(20)8-15-14(16)6-7-21-15;1-2/h4-9,11,21H,1,10H2,2-3H3,(H,22,23,25);1-2H2/b12-5+;. The Balaban J connectivity index is 0.00000136. The Morgan fingerprint density at radius 2 is 2.18 bits per heavy atom. The molecule has 0 spiro atoms. The number of H-pyrrole nitrogens is 1. The molecule has 0 aliphatic rings. The number of fused-ring (bicyclic) bond motifs is 1. The van der Waals surface area contributed by atoms with E-state index in [1.54, 1.807) is 22.9 Å². The van der Waals surface area contributed by atoms with Gasteiger partial charge in [-0.2, -0.15) is 4.98 Å². The number of nitrogens with zero attached hydrogens (tertiary/aromatic N) is 2. The zero-order chi connectivity index (χ0) is 20.7. The predicted molar refractivity (Wildman–Crippen MR) is 117 cm³/mol. The minimum Gasteiger partial charge on any atom is -0.490 e. The third kappa shape index (κ3) is 4.53. The molecule has 1 aromatic carbocycles. The van der Waals surface area contributed by atoms with Crippen molar-refractivity contribution in [1.82, 2.24) is 14.5 Å². The van der Waals surface area contributed by atoms with Crippen LogP contribution < -0.4 is 15.6 Å². The fourth-order valence-corrected chi connectivity index (χ4v) is 2.88. The molecule has 0 amide bonds. The SMILES string of the molecule is C=C.C=C/C(=C\C)Cn1cc(OC)c(=O)nc1Nc1cc(Cl)cc2[nH]ccc12. The molecule has 3 aromatic rings. The zero-order valence-corrected chi connectivity index (χ0v) is 16.7. The quantitative estimate of drug-likeness (QED) is 0.449. The Bertz CT molecular complexity index is 1070. The Labute approximate surface area is 168 Å². The van der Waals surface area contributed by atoms with Crippen molar-refractivity contribution in [3.63, 3.8) is 0 Å². The van der Waals surface area contributed by atoms with Gasteiger partial charge in [0, 0.05) is 22.1 Å². The van der Waals surface area contributed by atoms with Gasteiger partial charge in [0.2, 0.25) is 11.7 Å². The molecule has 3 rings (SSSR count). The third-order valence-electron chi connectivity index (χ3n) is 4.05. The maximum Gasteiger partial charge on any atom is 0.316 e. The predicted octanol–water partition coefficient (Wildman–Crippen LogP) is 5.06. The second kappa shape index (κ2) is 9.62. The van der Waals surface area contributed by atoms with Crippen LogP contribution in [-0.4, -0.2) is 21.6 Å². The fourth-order valence-electron chi connectivity index (χ4n) is 2.66. The Morgan fingerprint density at radius 1 is 1.43 bits per heavy atom. The molecule has 0 aliphatic carbocycles. The van der Waals surface area contributed by atoms with E-state index < -0.39 is 5.56 Å². The molecule has 0 bridgehead atoms. The van der Waals surface area contributed by atoms with E-state index in [9.17, 15) is 4.79 Å². The molecular weight excluding hydrogens is 376 g/mol. The van der Waals surface area contributed by atoms with Gasteiger partial charge in [0.1, 0.15) is 0 Å². The molecule has 2 aromatic heterocycles. The highest BCUT2D eigenvalue weighted by atomic mass is 35.5. The minimum atomic E-state index is -0.445. The van der Waals surface area contributed by atoms with Gasteiger partial charge in [0.15, 0.2) is 0 Å². The monoisotopic (exact) mass is 398 g/mol. The molecular formula is C21H23ClN4O2. The summed E-state index contributed by atoms with van der Waals surface area (Å²) in [6.07, 6.45) is 7.17. The zero-order valence-electron chi connectivity index (χ0n) is 16.0. The summed E-state index contributed by atoms with van der Waals surface area (Å²) in [6, 6.07) is 5.57. The Kier molecular flexibility index (Phi) is 7.23. The van der Waals surface area contributed by atoms with Gasteiger partial charge in [-0.1, -0.05) is 30.3 Å². The number of methoxy groups -OCH3 is 1. The number of aromatic nitrogens is 3. The van der Waals surface area contributed by atoms with Crippen molar-refractivity contribution in [2.24, 2.45) is 0 Å². The molecule has 0 unspecified atom stereocenters. The summed E-state index contributed by atoms with van der Waals surface area (Å²) in [5.41, 5.74) is 2.18. The normalized spacial score (nSPS) is 10.9. The van der Waals surface area contributed by atoms with E-state index >= 15 is 0 Å². The number of rotatable bonds is 6. The van der Waals surface area contributed by atoms with Gasteiger partial charge in [-0.05, 0) is 30.7 Å². The first-order valence-corrected chi connectivity index (χ1v) is 8.90. The molecule has 7 heteroatoms. The van der Waals surface area contributed by atoms with Crippen molar-refractivity contribution >= 4 is 34.1 Å². The Morgan fingerprint density at radius 3 is 2.82 bits per heavy atom. The number of anilines is 2. The minimum absolute atomic E-state index is 0.174. The second-order valence-electron chi connectivity index (χ2n) is 5.65. The van der Waals surface area contributed by atoms with Gasteiger partial charge in [-0.3, -0.25) is 4.79 Å². The van der Waals surface area contributed by atoms with Crippen LogP contribution in [0.4, 0.5) is 11.6 Å². The van der Waals surface area contributed by atoms with Crippen molar-refractivity contribution in [3.05, 3.63) is 83.4 Å². The van der Waals surface area contributed by atoms with Crippen molar-refractivity contribution in [1.29, 1.82) is 0 Å². The van der Waals surface area contributed by atoms with Gasteiger partial charge >= 0.3 is 5.56 Å². The number of hydrogen-bond donors (Lipinski definition) is 2. The number of benzene rings is 1. The highest BCUT2D eigenvalue weighted by Gasteiger charge is 2.12. The van der Waals surface area contributed by atoms with Crippen LogP contribution in [0, 0.1) is 0 Å². The van der Waals surface area contributed by atoms with Crippen LogP contribution >= 0.6 is 11.6 Å². The molecule has 0 aliphatic heterocycles. The maximum atomic E-state index is 12.2. The van der Waals surface area contributed by atoms with Crippen LogP contribution in [0.2, 0.25) is 5.02 Å². The van der Waals surface area contributed by atoms with E-state index in [1.165, 1.54) is 7.11 Å². The summed E-state index contributed by atoms with van der Waals surface area (Å²) < 4.78 is 6.92. The van der Waals surface area contributed by atoms with Crippen molar-refractivity contribution in [3.8, 4) is 5.75 Å². The molecule has 6 nitrogen and oxygen atoms in total. The molecule has 146 valence electrons. The van der Waals surface area contributed by atoms with Crippen LogP contribution in [0.1, 0.15) is 6.92 Å². The lowest BCUT2D eigenvalue weighted by Gasteiger charge is -2.16. The number of aromatic amines is 1. The van der Waals surface area contributed by atoms with Crippen LogP contribution in [0.25, 0.3) is 10.9 Å². The lowest BCUT2D eigenvalue weighted by molar-refractivity contribution is 0.402. The number of halogens is 1. The Hall–Kier alpha value is -3.25. The first-order chi connectivity index (χ1) is 13.5. The lowest BCUT2D eigenvalue weighted by Crippen LogP contribution is -2.18. The van der Waals surface area contributed by atoms with E-state index in [1.807, 2.05) is 31.3 Å². The molecule has 0 atom stereocenters. The molecule has 0 fully saturated rings. The van der Waals surface area contributed by atoms with Crippen LogP contribution in [-0.2, 0) is 6.54 Å². The smallest absolute Gasteiger partial charge is 0.316 e. The van der Waals surface area contributed by atoms with Crippen LogP contribution in [0.3, 0.4) is 0 Å². The summed E-state index contributed by atoms with van der Waals surface area (Å²) in [6.45, 7) is 12.2. The lowest BCUT2D eigenvalue weighted by atomic mass is 10.2. The average molecular weight is 399 g/mol. The fraction of sp³-hybridized carbons (Fsp3) is 0.143. The van der Waals surface area contributed by atoms with Crippen molar-refractivity contribution in [2.45, 2.75) is 13.5 Å². The van der Waals surface area contributed by atoms with Gasteiger partial charge in [0.25, 0.3) is 0 Å². The largest absolute Gasteiger partial charge is 0.490 e.